The summed E-state index contributed by atoms with van der Waals surface area (Å²) in [6, 6.07) is 14.1. The van der Waals surface area contributed by atoms with Gasteiger partial charge in [-0.25, -0.2) is 0 Å². The van der Waals surface area contributed by atoms with Gasteiger partial charge < -0.3 is 10.2 Å². The minimum atomic E-state index is -4.48. The van der Waals surface area contributed by atoms with Gasteiger partial charge in [-0.2, -0.15) is 13.2 Å². The van der Waals surface area contributed by atoms with Gasteiger partial charge in [0.15, 0.2) is 0 Å². The third kappa shape index (κ3) is 6.77. The Hall–Kier alpha value is -2.83. The highest BCUT2D eigenvalue weighted by molar-refractivity contribution is 5.94. The first kappa shape index (κ1) is 20.5. The molecule has 1 N–H and O–H groups in total. The SMILES string of the molecule is CC(=O)N(CCCc1ccccc1)CC(=O)Nc1cccc(C(F)(F)F)c1. The molecule has 0 radical (unpaired) electrons. The lowest BCUT2D eigenvalue weighted by Crippen LogP contribution is -2.37. The van der Waals surface area contributed by atoms with Crippen LogP contribution in [0, 0.1) is 0 Å². The number of alkyl halides is 3. The summed E-state index contributed by atoms with van der Waals surface area (Å²) in [5.74, 6) is -0.800. The van der Waals surface area contributed by atoms with Crippen molar-refractivity contribution in [2.75, 3.05) is 18.4 Å². The molecule has 0 aliphatic carbocycles. The second kappa shape index (κ2) is 9.21. The lowest BCUT2D eigenvalue weighted by atomic mass is 10.1. The topological polar surface area (TPSA) is 49.4 Å². The molecule has 0 spiro atoms. The maximum atomic E-state index is 12.7. The highest BCUT2D eigenvalue weighted by atomic mass is 19.4. The van der Waals surface area contributed by atoms with Crippen LogP contribution < -0.4 is 5.32 Å². The largest absolute Gasteiger partial charge is 0.416 e. The van der Waals surface area contributed by atoms with E-state index in [9.17, 15) is 22.8 Å². The van der Waals surface area contributed by atoms with Crippen LogP contribution >= 0.6 is 0 Å². The molecule has 0 saturated carbocycles. The van der Waals surface area contributed by atoms with Crippen molar-refractivity contribution < 1.29 is 22.8 Å². The van der Waals surface area contributed by atoms with Crippen molar-refractivity contribution >= 4 is 17.5 Å². The van der Waals surface area contributed by atoms with Crippen molar-refractivity contribution in [2.24, 2.45) is 0 Å². The zero-order valence-corrected chi connectivity index (χ0v) is 14.9. The number of anilines is 1. The Labute approximate surface area is 156 Å². The molecule has 0 saturated heterocycles. The molecule has 2 amide bonds. The number of carbonyl (C=O) groups is 2. The van der Waals surface area contributed by atoms with Crippen molar-refractivity contribution in [2.45, 2.75) is 25.9 Å². The molecule has 2 rings (SSSR count). The lowest BCUT2D eigenvalue weighted by molar-refractivity contribution is -0.137. The van der Waals surface area contributed by atoms with Crippen LogP contribution in [0.4, 0.5) is 18.9 Å². The van der Waals surface area contributed by atoms with Crippen LogP contribution in [0.5, 0.6) is 0 Å². The summed E-state index contributed by atoms with van der Waals surface area (Å²) in [6.45, 7) is 1.54. The van der Waals surface area contributed by atoms with E-state index in [2.05, 4.69) is 5.32 Å². The Morgan fingerprint density at radius 3 is 2.37 bits per heavy atom. The lowest BCUT2D eigenvalue weighted by Gasteiger charge is -2.20. The van der Waals surface area contributed by atoms with Gasteiger partial charge in [-0.15, -0.1) is 0 Å². The standard InChI is InChI=1S/C20H21F3N2O2/c1-15(26)25(12-6-9-16-7-3-2-4-8-16)14-19(27)24-18-11-5-10-17(13-18)20(21,22)23/h2-5,7-8,10-11,13H,6,9,12,14H2,1H3,(H,24,27). The zero-order valence-electron chi connectivity index (χ0n) is 14.9. The van der Waals surface area contributed by atoms with E-state index in [4.69, 9.17) is 0 Å². The number of carbonyl (C=O) groups excluding carboxylic acids is 2. The van der Waals surface area contributed by atoms with E-state index in [1.54, 1.807) is 0 Å². The molecule has 27 heavy (non-hydrogen) atoms. The van der Waals surface area contributed by atoms with E-state index in [1.165, 1.54) is 24.0 Å². The number of hydrogen-bond acceptors (Lipinski definition) is 2. The molecule has 0 atom stereocenters. The molecule has 4 nitrogen and oxygen atoms in total. The van der Waals surface area contributed by atoms with Crippen LogP contribution in [0.15, 0.2) is 54.6 Å². The maximum absolute atomic E-state index is 12.7. The quantitative estimate of drug-likeness (QED) is 0.788. The molecule has 0 heterocycles. The number of halogens is 3. The Balaban J connectivity index is 1.90. The van der Waals surface area contributed by atoms with Crippen LogP contribution in [-0.4, -0.2) is 29.8 Å². The first-order valence-corrected chi connectivity index (χ1v) is 8.52. The summed E-state index contributed by atoms with van der Waals surface area (Å²) >= 11 is 0. The van der Waals surface area contributed by atoms with Crippen molar-refractivity contribution in [3.63, 3.8) is 0 Å². The number of hydrogen-bond donors (Lipinski definition) is 1. The second-order valence-electron chi connectivity index (χ2n) is 6.16. The average molecular weight is 378 g/mol. The van der Waals surface area contributed by atoms with Gasteiger partial charge in [-0.1, -0.05) is 36.4 Å². The minimum absolute atomic E-state index is 0.0441. The fraction of sp³-hybridized carbons (Fsp3) is 0.300. The Morgan fingerprint density at radius 1 is 1.04 bits per heavy atom. The molecule has 144 valence electrons. The van der Waals surface area contributed by atoms with Crippen molar-refractivity contribution in [1.29, 1.82) is 0 Å². The van der Waals surface area contributed by atoms with Crippen molar-refractivity contribution in [3.8, 4) is 0 Å². The summed E-state index contributed by atoms with van der Waals surface area (Å²) in [5, 5.41) is 2.42. The van der Waals surface area contributed by atoms with Crippen LogP contribution in [0.2, 0.25) is 0 Å². The fourth-order valence-electron chi connectivity index (χ4n) is 2.61. The van der Waals surface area contributed by atoms with Gasteiger partial charge >= 0.3 is 6.18 Å². The highest BCUT2D eigenvalue weighted by Gasteiger charge is 2.30. The Bertz CT molecular complexity index is 776. The molecule has 0 fully saturated rings. The highest BCUT2D eigenvalue weighted by Crippen LogP contribution is 2.30. The van der Waals surface area contributed by atoms with Crippen LogP contribution in [0.3, 0.4) is 0 Å². The predicted molar refractivity (Wildman–Crippen MR) is 97.1 cm³/mol. The monoisotopic (exact) mass is 378 g/mol. The molecular formula is C20H21F3N2O2. The Morgan fingerprint density at radius 2 is 1.74 bits per heavy atom. The number of benzene rings is 2. The van der Waals surface area contributed by atoms with Crippen LogP contribution in [0.25, 0.3) is 0 Å². The second-order valence-corrected chi connectivity index (χ2v) is 6.16. The van der Waals surface area contributed by atoms with E-state index in [0.29, 0.717) is 13.0 Å². The summed E-state index contributed by atoms with van der Waals surface area (Å²) in [7, 11) is 0. The normalized spacial score (nSPS) is 11.1. The minimum Gasteiger partial charge on any atom is -0.334 e. The van der Waals surface area contributed by atoms with Gasteiger partial charge in [-0.3, -0.25) is 9.59 Å². The summed E-state index contributed by atoms with van der Waals surface area (Å²) < 4.78 is 38.2. The van der Waals surface area contributed by atoms with E-state index < -0.39 is 17.6 Å². The maximum Gasteiger partial charge on any atom is 0.416 e. The number of nitrogens with zero attached hydrogens (tertiary/aromatic N) is 1. The Kier molecular flexibility index (Phi) is 6.98. The fourth-order valence-corrected chi connectivity index (χ4v) is 2.61. The predicted octanol–water partition coefficient (Wildman–Crippen LogP) is 4.13. The summed E-state index contributed by atoms with van der Waals surface area (Å²) in [6.07, 6.45) is -3.04. The van der Waals surface area contributed by atoms with Gasteiger partial charge in [0, 0.05) is 19.2 Å². The first-order chi connectivity index (χ1) is 12.8. The van der Waals surface area contributed by atoms with Gasteiger partial charge in [0.05, 0.1) is 12.1 Å². The number of nitrogens with one attached hydrogen (secondary N) is 1. The third-order valence-electron chi connectivity index (χ3n) is 3.99. The molecule has 0 aromatic heterocycles. The molecule has 0 unspecified atom stereocenters. The molecule has 7 heteroatoms. The van der Waals surface area contributed by atoms with E-state index >= 15 is 0 Å². The van der Waals surface area contributed by atoms with Crippen molar-refractivity contribution in [1.82, 2.24) is 4.90 Å². The van der Waals surface area contributed by atoms with Crippen LogP contribution in [-0.2, 0) is 22.2 Å². The molecule has 0 aliphatic rings. The van der Waals surface area contributed by atoms with Gasteiger partial charge in [0.2, 0.25) is 11.8 Å². The van der Waals surface area contributed by atoms with Gasteiger partial charge in [0.25, 0.3) is 0 Å². The van der Waals surface area contributed by atoms with Gasteiger partial charge in [-0.05, 0) is 36.6 Å². The van der Waals surface area contributed by atoms with Crippen LogP contribution in [0.1, 0.15) is 24.5 Å². The summed E-state index contributed by atoms with van der Waals surface area (Å²) in [5.41, 5.74) is 0.337. The molecule has 2 aromatic carbocycles. The average Bonchev–Trinajstić information content (AvgIpc) is 2.61. The smallest absolute Gasteiger partial charge is 0.334 e. The third-order valence-corrected chi connectivity index (χ3v) is 3.99. The number of aryl methyl sites for hydroxylation is 1. The zero-order chi connectivity index (χ0) is 19.9. The van der Waals surface area contributed by atoms with Gasteiger partial charge in [0.1, 0.15) is 0 Å². The van der Waals surface area contributed by atoms with E-state index in [0.717, 1.165) is 24.1 Å². The van der Waals surface area contributed by atoms with E-state index in [1.807, 2.05) is 30.3 Å². The van der Waals surface area contributed by atoms with Crippen molar-refractivity contribution in [3.05, 3.63) is 65.7 Å². The molecule has 2 aromatic rings. The summed E-state index contributed by atoms with van der Waals surface area (Å²) in [4.78, 5) is 25.3. The first-order valence-electron chi connectivity index (χ1n) is 8.52. The number of rotatable bonds is 7. The van der Waals surface area contributed by atoms with E-state index in [-0.39, 0.29) is 18.1 Å². The molecular weight excluding hydrogens is 357 g/mol. The number of amides is 2. The molecule has 0 bridgehead atoms. The molecule has 0 aliphatic heterocycles.